The van der Waals surface area contributed by atoms with E-state index in [9.17, 15) is 14.4 Å². The van der Waals surface area contributed by atoms with Crippen LogP contribution in [0, 0.1) is 11.8 Å². The van der Waals surface area contributed by atoms with Crippen LogP contribution < -0.4 is 0 Å². The second-order valence-electron chi connectivity index (χ2n) is 5.16. The molecule has 1 aromatic carbocycles. The van der Waals surface area contributed by atoms with Gasteiger partial charge in [-0.25, -0.2) is 4.79 Å². The molecular formula is C15H17NO4. The molecule has 0 spiro atoms. The minimum atomic E-state index is -0.968. The Balaban J connectivity index is 2.00. The van der Waals surface area contributed by atoms with Crippen molar-refractivity contribution in [1.82, 2.24) is 4.90 Å². The second-order valence-corrected chi connectivity index (χ2v) is 5.16. The van der Waals surface area contributed by atoms with Crippen LogP contribution in [0.2, 0.25) is 0 Å². The van der Waals surface area contributed by atoms with E-state index >= 15 is 0 Å². The number of hydrogen-bond acceptors (Lipinski definition) is 3. The topological polar surface area (TPSA) is 74.7 Å². The van der Waals surface area contributed by atoms with Crippen LogP contribution in [0.25, 0.3) is 0 Å². The Kier molecular flexibility index (Phi) is 3.88. The molecule has 106 valence electrons. The molecule has 1 saturated heterocycles. The lowest BCUT2D eigenvalue weighted by Gasteiger charge is -2.14. The number of benzene rings is 1. The SMILES string of the molecule is CC1C(=O)N(CCc2ccc(C(=O)O)cc2)C(=O)C1C. The summed E-state index contributed by atoms with van der Waals surface area (Å²) in [6, 6.07) is 6.47. The predicted molar refractivity (Wildman–Crippen MR) is 72.2 cm³/mol. The van der Waals surface area contributed by atoms with E-state index in [-0.39, 0.29) is 29.2 Å². The third kappa shape index (κ3) is 2.57. The molecule has 2 rings (SSSR count). The van der Waals surface area contributed by atoms with E-state index in [2.05, 4.69) is 0 Å². The second kappa shape index (κ2) is 5.45. The van der Waals surface area contributed by atoms with E-state index in [0.29, 0.717) is 13.0 Å². The van der Waals surface area contributed by atoms with Crippen LogP contribution in [-0.2, 0) is 16.0 Å². The van der Waals surface area contributed by atoms with Crippen LogP contribution in [0.1, 0.15) is 29.8 Å². The first-order valence-electron chi connectivity index (χ1n) is 6.59. The van der Waals surface area contributed by atoms with Gasteiger partial charge in [0.15, 0.2) is 0 Å². The minimum absolute atomic E-state index is 0.121. The summed E-state index contributed by atoms with van der Waals surface area (Å²) in [5, 5.41) is 8.81. The monoisotopic (exact) mass is 275 g/mol. The van der Waals surface area contributed by atoms with Crippen molar-refractivity contribution in [3.05, 3.63) is 35.4 Å². The van der Waals surface area contributed by atoms with E-state index in [1.807, 2.05) is 0 Å². The number of imide groups is 1. The average Bonchev–Trinajstić information content (AvgIpc) is 2.62. The maximum Gasteiger partial charge on any atom is 0.335 e. The molecule has 0 radical (unpaired) electrons. The number of carbonyl (C=O) groups excluding carboxylic acids is 2. The van der Waals surface area contributed by atoms with Gasteiger partial charge in [-0.15, -0.1) is 0 Å². The van der Waals surface area contributed by atoms with E-state index in [1.165, 1.54) is 17.0 Å². The Morgan fingerprint density at radius 3 is 2.05 bits per heavy atom. The quantitative estimate of drug-likeness (QED) is 0.846. The number of carboxylic acids is 1. The largest absolute Gasteiger partial charge is 0.478 e. The van der Waals surface area contributed by atoms with Gasteiger partial charge in [0.25, 0.3) is 0 Å². The van der Waals surface area contributed by atoms with Gasteiger partial charge in [-0.1, -0.05) is 26.0 Å². The van der Waals surface area contributed by atoms with Crippen molar-refractivity contribution >= 4 is 17.8 Å². The van der Waals surface area contributed by atoms with Crippen LogP contribution in [0.5, 0.6) is 0 Å². The summed E-state index contributed by atoms with van der Waals surface area (Å²) < 4.78 is 0. The molecule has 1 aliphatic heterocycles. The fourth-order valence-corrected chi connectivity index (χ4v) is 2.30. The molecule has 1 aromatic rings. The maximum atomic E-state index is 11.9. The number of nitrogens with zero attached hydrogens (tertiary/aromatic N) is 1. The highest BCUT2D eigenvalue weighted by Crippen LogP contribution is 2.25. The van der Waals surface area contributed by atoms with Gasteiger partial charge in [0.2, 0.25) is 11.8 Å². The van der Waals surface area contributed by atoms with Crippen molar-refractivity contribution in [2.24, 2.45) is 11.8 Å². The molecule has 1 N–H and O–H groups in total. The first kappa shape index (κ1) is 14.2. The minimum Gasteiger partial charge on any atom is -0.478 e. The number of rotatable bonds is 4. The fraction of sp³-hybridized carbons (Fsp3) is 0.400. The summed E-state index contributed by atoms with van der Waals surface area (Å²) in [7, 11) is 0. The van der Waals surface area contributed by atoms with Gasteiger partial charge in [0, 0.05) is 18.4 Å². The average molecular weight is 275 g/mol. The standard InChI is InChI=1S/C15H17NO4/c1-9-10(2)14(18)16(13(9)17)8-7-11-3-5-12(6-4-11)15(19)20/h3-6,9-10H,7-8H2,1-2H3,(H,19,20). The molecule has 0 saturated carbocycles. The maximum absolute atomic E-state index is 11.9. The highest BCUT2D eigenvalue weighted by Gasteiger charge is 2.41. The van der Waals surface area contributed by atoms with E-state index in [1.54, 1.807) is 26.0 Å². The van der Waals surface area contributed by atoms with Crippen molar-refractivity contribution in [1.29, 1.82) is 0 Å². The Hall–Kier alpha value is -2.17. The van der Waals surface area contributed by atoms with E-state index in [4.69, 9.17) is 5.11 Å². The first-order valence-corrected chi connectivity index (χ1v) is 6.59. The molecule has 5 nitrogen and oxygen atoms in total. The molecule has 1 fully saturated rings. The van der Waals surface area contributed by atoms with Crippen LogP contribution in [0.15, 0.2) is 24.3 Å². The lowest BCUT2D eigenvalue weighted by molar-refractivity contribution is -0.139. The highest BCUT2D eigenvalue weighted by molar-refractivity contribution is 6.04. The zero-order valence-electron chi connectivity index (χ0n) is 11.5. The number of carbonyl (C=O) groups is 3. The smallest absolute Gasteiger partial charge is 0.335 e. The molecule has 1 heterocycles. The molecule has 0 aromatic heterocycles. The predicted octanol–water partition coefficient (Wildman–Crippen LogP) is 1.57. The Morgan fingerprint density at radius 2 is 1.60 bits per heavy atom. The van der Waals surface area contributed by atoms with Crippen LogP contribution in [0.3, 0.4) is 0 Å². The molecule has 20 heavy (non-hydrogen) atoms. The molecule has 2 unspecified atom stereocenters. The molecular weight excluding hydrogens is 258 g/mol. The summed E-state index contributed by atoms with van der Waals surface area (Å²) in [5.41, 5.74) is 1.13. The Bertz CT molecular complexity index is 529. The number of likely N-dealkylation sites (tertiary alicyclic amines) is 1. The van der Waals surface area contributed by atoms with Gasteiger partial charge in [-0.05, 0) is 24.1 Å². The fourth-order valence-electron chi connectivity index (χ4n) is 2.30. The summed E-state index contributed by atoms with van der Waals surface area (Å²) in [5.74, 6) is -1.72. The van der Waals surface area contributed by atoms with Gasteiger partial charge in [0.05, 0.1) is 5.56 Å². The van der Waals surface area contributed by atoms with Crippen molar-refractivity contribution in [2.75, 3.05) is 6.54 Å². The molecule has 2 amide bonds. The summed E-state index contributed by atoms with van der Waals surface area (Å²) in [6.45, 7) is 3.89. The number of amides is 2. The highest BCUT2D eigenvalue weighted by atomic mass is 16.4. The van der Waals surface area contributed by atoms with Crippen LogP contribution in [-0.4, -0.2) is 34.3 Å². The first-order chi connectivity index (χ1) is 9.41. The number of hydrogen-bond donors (Lipinski definition) is 1. The third-order valence-electron chi connectivity index (χ3n) is 3.89. The third-order valence-corrected chi connectivity index (χ3v) is 3.89. The molecule has 2 atom stereocenters. The summed E-state index contributed by atoms with van der Waals surface area (Å²) in [6.07, 6.45) is 0.539. The lowest BCUT2D eigenvalue weighted by atomic mass is 10.00. The van der Waals surface area contributed by atoms with Crippen LogP contribution >= 0.6 is 0 Å². The van der Waals surface area contributed by atoms with Crippen molar-refractivity contribution in [2.45, 2.75) is 20.3 Å². The zero-order valence-corrected chi connectivity index (χ0v) is 11.5. The van der Waals surface area contributed by atoms with Gasteiger partial charge < -0.3 is 5.11 Å². The molecule has 5 heteroatoms. The molecule has 0 aliphatic carbocycles. The number of carboxylic acid groups (broad SMARTS) is 1. The normalized spacial score (nSPS) is 22.4. The van der Waals surface area contributed by atoms with E-state index < -0.39 is 5.97 Å². The van der Waals surface area contributed by atoms with Gasteiger partial charge >= 0.3 is 5.97 Å². The van der Waals surface area contributed by atoms with Crippen LogP contribution in [0.4, 0.5) is 0 Å². The van der Waals surface area contributed by atoms with E-state index in [0.717, 1.165) is 5.56 Å². The van der Waals surface area contributed by atoms with Gasteiger partial charge in [0.1, 0.15) is 0 Å². The molecule has 0 bridgehead atoms. The van der Waals surface area contributed by atoms with Gasteiger partial charge in [-0.2, -0.15) is 0 Å². The van der Waals surface area contributed by atoms with Crippen molar-refractivity contribution in [3.8, 4) is 0 Å². The zero-order chi connectivity index (χ0) is 14.9. The Morgan fingerprint density at radius 1 is 1.10 bits per heavy atom. The Labute approximate surface area is 117 Å². The summed E-state index contributed by atoms with van der Waals surface area (Å²) in [4.78, 5) is 35.9. The van der Waals surface area contributed by atoms with Crippen molar-refractivity contribution < 1.29 is 19.5 Å². The molecule has 1 aliphatic rings. The number of aromatic carboxylic acids is 1. The van der Waals surface area contributed by atoms with Crippen molar-refractivity contribution in [3.63, 3.8) is 0 Å². The lowest BCUT2D eigenvalue weighted by Crippen LogP contribution is -2.32. The van der Waals surface area contributed by atoms with Gasteiger partial charge in [-0.3, -0.25) is 14.5 Å². The summed E-state index contributed by atoms with van der Waals surface area (Å²) >= 11 is 0.